The van der Waals surface area contributed by atoms with Crippen LogP contribution in [0.2, 0.25) is 0 Å². The summed E-state index contributed by atoms with van der Waals surface area (Å²) in [5.74, 6) is 1.85. The number of carbonyl (C=O) groups is 1. The molecule has 8 heteroatoms. The first kappa shape index (κ1) is 29.0. The number of benzene rings is 2. The van der Waals surface area contributed by atoms with E-state index in [0.717, 1.165) is 39.3 Å². The third-order valence-corrected chi connectivity index (χ3v) is 6.94. The Morgan fingerprint density at radius 3 is 2.22 bits per heavy atom. The summed E-state index contributed by atoms with van der Waals surface area (Å²) < 4.78 is 18.2. The Kier molecular flexibility index (Phi) is 11.1. The number of nitrogens with zero attached hydrogens (tertiary/aromatic N) is 2. The molecule has 194 valence electrons. The van der Waals surface area contributed by atoms with Gasteiger partial charge in [-0.15, -0.1) is 0 Å². The molecule has 3 heterocycles. The molecule has 0 spiro atoms. The smallest absolute Gasteiger partial charge is 0.270 e. The van der Waals surface area contributed by atoms with E-state index in [1.54, 1.807) is 14.2 Å². The Morgan fingerprint density at radius 2 is 1.69 bits per heavy atom. The van der Waals surface area contributed by atoms with Gasteiger partial charge in [-0.05, 0) is 45.9 Å². The summed E-state index contributed by atoms with van der Waals surface area (Å²) in [6.45, 7) is 10.2. The SMILES string of the molecule is C/C=c1/sc2n(c1=O)C1c3ccccc3OC(C)(N=2)C1C.CC=O.CCOC.COc1ccccc1. The number of aldehydes is 1. The standard InChI is InChI=1S/C16H16N2O2S.C7H8O.C3H8O.C2H4O/c1-4-12-14(19)18-13-9(2)16(3,17-15(18)21-12)20-11-8-6-5-7-10(11)13;1-8-7-5-3-2-4-6-7;1-3-4-2;1-2-3/h4-9,13H,1-3H3;2-6H,1H3;3H2,1-2H3;2H,1H3/b12-4+;;;. The van der Waals surface area contributed by atoms with Crippen LogP contribution in [0.4, 0.5) is 0 Å². The van der Waals surface area contributed by atoms with E-state index in [2.05, 4.69) is 11.7 Å². The largest absolute Gasteiger partial charge is 0.497 e. The van der Waals surface area contributed by atoms with E-state index in [0.29, 0.717) is 0 Å². The molecule has 0 amide bonds. The predicted octanol–water partition coefficient (Wildman–Crippen LogP) is 4.23. The van der Waals surface area contributed by atoms with E-state index in [-0.39, 0.29) is 17.5 Å². The van der Waals surface area contributed by atoms with Crippen LogP contribution in [-0.4, -0.2) is 37.4 Å². The van der Waals surface area contributed by atoms with E-state index in [1.807, 2.05) is 86.0 Å². The zero-order chi connectivity index (χ0) is 26.7. The van der Waals surface area contributed by atoms with Gasteiger partial charge in [-0.25, -0.2) is 4.99 Å². The quantitative estimate of drug-likeness (QED) is 0.480. The van der Waals surface area contributed by atoms with Crippen molar-refractivity contribution in [2.45, 2.75) is 46.4 Å². The highest BCUT2D eigenvalue weighted by molar-refractivity contribution is 7.06. The van der Waals surface area contributed by atoms with Gasteiger partial charge in [0.2, 0.25) is 5.72 Å². The number of ether oxygens (including phenoxy) is 3. The molecule has 0 aliphatic carbocycles. The Morgan fingerprint density at radius 1 is 1.11 bits per heavy atom. The number of aromatic nitrogens is 1. The summed E-state index contributed by atoms with van der Waals surface area (Å²) in [6, 6.07) is 17.6. The van der Waals surface area contributed by atoms with Gasteiger partial charge in [0.1, 0.15) is 17.8 Å². The minimum atomic E-state index is -0.610. The topological polar surface area (TPSA) is 79.1 Å². The average Bonchev–Trinajstić information content (AvgIpc) is 3.20. The normalized spacial score (nSPS) is 20.7. The van der Waals surface area contributed by atoms with Crippen molar-refractivity contribution >= 4 is 23.7 Å². The summed E-state index contributed by atoms with van der Waals surface area (Å²) in [4.78, 5) is 27.0. The van der Waals surface area contributed by atoms with Crippen molar-refractivity contribution in [3.05, 3.63) is 79.8 Å². The Labute approximate surface area is 216 Å². The van der Waals surface area contributed by atoms with Crippen molar-refractivity contribution < 1.29 is 19.0 Å². The first-order valence-electron chi connectivity index (χ1n) is 11.8. The van der Waals surface area contributed by atoms with Crippen molar-refractivity contribution in [3.8, 4) is 11.5 Å². The number of para-hydroxylation sites is 2. The maximum Gasteiger partial charge on any atom is 0.270 e. The van der Waals surface area contributed by atoms with Gasteiger partial charge in [-0.2, -0.15) is 0 Å². The predicted molar refractivity (Wildman–Crippen MR) is 145 cm³/mol. The molecule has 36 heavy (non-hydrogen) atoms. The van der Waals surface area contributed by atoms with E-state index < -0.39 is 5.72 Å². The molecule has 0 saturated carbocycles. The van der Waals surface area contributed by atoms with Gasteiger partial charge in [0.25, 0.3) is 5.56 Å². The molecule has 7 nitrogen and oxygen atoms in total. The summed E-state index contributed by atoms with van der Waals surface area (Å²) in [5, 5.41) is 0. The van der Waals surface area contributed by atoms with E-state index >= 15 is 0 Å². The molecule has 0 radical (unpaired) electrons. The second-order valence-corrected chi connectivity index (χ2v) is 9.09. The van der Waals surface area contributed by atoms with Gasteiger partial charge < -0.3 is 19.0 Å². The third kappa shape index (κ3) is 6.50. The molecule has 2 aliphatic heterocycles. The third-order valence-electron chi connectivity index (χ3n) is 5.84. The summed E-state index contributed by atoms with van der Waals surface area (Å²) >= 11 is 1.44. The van der Waals surface area contributed by atoms with Crippen molar-refractivity contribution in [3.63, 3.8) is 0 Å². The van der Waals surface area contributed by atoms with Crippen molar-refractivity contribution in [1.82, 2.24) is 4.57 Å². The lowest BCUT2D eigenvalue weighted by atomic mass is 9.83. The molecule has 2 bridgehead atoms. The Hall–Kier alpha value is -3.23. The minimum Gasteiger partial charge on any atom is -0.497 e. The van der Waals surface area contributed by atoms with Gasteiger partial charge >= 0.3 is 0 Å². The van der Waals surface area contributed by atoms with Crippen LogP contribution in [0.25, 0.3) is 6.08 Å². The second kappa shape index (κ2) is 13.8. The van der Waals surface area contributed by atoms with E-state index in [4.69, 9.17) is 19.3 Å². The molecule has 3 unspecified atom stereocenters. The van der Waals surface area contributed by atoms with Crippen LogP contribution in [0.3, 0.4) is 0 Å². The fourth-order valence-electron chi connectivity index (χ4n) is 3.83. The number of hydrogen-bond acceptors (Lipinski definition) is 7. The van der Waals surface area contributed by atoms with Gasteiger partial charge in [-0.1, -0.05) is 60.7 Å². The van der Waals surface area contributed by atoms with Crippen LogP contribution in [0, 0.1) is 5.92 Å². The van der Waals surface area contributed by atoms with Gasteiger partial charge in [0, 0.05) is 25.2 Å². The molecule has 3 aromatic rings. The van der Waals surface area contributed by atoms with Crippen LogP contribution in [-0.2, 0) is 9.53 Å². The lowest BCUT2D eigenvalue weighted by molar-refractivity contribution is -0.106. The molecule has 1 aromatic heterocycles. The molecule has 2 aliphatic rings. The van der Waals surface area contributed by atoms with Gasteiger partial charge in [0.05, 0.1) is 17.7 Å². The zero-order valence-electron chi connectivity index (χ0n) is 22.1. The molecule has 0 fully saturated rings. The van der Waals surface area contributed by atoms with E-state index in [9.17, 15) is 4.79 Å². The monoisotopic (exact) mass is 512 g/mol. The molecule has 0 saturated heterocycles. The summed E-state index contributed by atoms with van der Waals surface area (Å²) in [5.41, 5.74) is 0.513. The van der Waals surface area contributed by atoms with Crippen LogP contribution >= 0.6 is 11.3 Å². The van der Waals surface area contributed by atoms with Gasteiger partial charge in [0.15, 0.2) is 4.80 Å². The number of rotatable bonds is 2. The molecule has 0 N–H and O–H groups in total. The van der Waals surface area contributed by atoms with Crippen molar-refractivity contribution in [1.29, 1.82) is 0 Å². The average molecular weight is 513 g/mol. The maximum atomic E-state index is 12.6. The maximum absolute atomic E-state index is 12.6. The Bertz CT molecular complexity index is 1280. The number of thiazole rings is 1. The molecule has 5 rings (SSSR count). The first-order chi connectivity index (χ1) is 17.3. The van der Waals surface area contributed by atoms with Crippen LogP contribution in [0.5, 0.6) is 11.5 Å². The van der Waals surface area contributed by atoms with E-state index in [1.165, 1.54) is 18.3 Å². The highest BCUT2D eigenvalue weighted by Crippen LogP contribution is 2.46. The highest BCUT2D eigenvalue weighted by atomic mass is 32.1. The zero-order valence-corrected chi connectivity index (χ0v) is 22.9. The van der Waals surface area contributed by atoms with Crippen LogP contribution in [0.1, 0.15) is 46.2 Å². The number of fused-ring (bicyclic) bond motifs is 6. The fraction of sp³-hybridized carbons (Fsp3) is 0.393. The first-order valence-corrected chi connectivity index (χ1v) is 12.7. The Balaban J connectivity index is 0.000000252. The number of methoxy groups -OCH3 is 2. The molecular weight excluding hydrogens is 476 g/mol. The summed E-state index contributed by atoms with van der Waals surface area (Å²) in [7, 11) is 3.34. The molecule has 3 atom stereocenters. The lowest BCUT2D eigenvalue weighted by Crippen LogP contribution is -2.54. The van der Waals surface area contributed by atoms with Gasteiger partial charge in [-0.3, -0.25) is 9.36 Å². The number of carbonyl (C=O) groups excluding carboxylic acids is 1. The lowest BCUT2D eigenvalue weighted by Gasteiger charge is -2.45. The van der Waals surface area contributed by atoms with Crippen LogP contribution < -0.4 is 24.4 Å². The molecule has 2 aromatic carbocycles. The number of hydrogen-bond donors (Lipinski definition) is 0. The fourth-order valence-corrected chi connectivity index (χ4v) is 4.85. The molecular formula is C28H36N2O5S. The van der Waals surface area contributed by atoms with Crippen LogP contribution in [0.15, 0.2) is 64.4 Å². The van der Waals surface area contributed by atoms with Crippen molar-refractivity contribution in [2.24, 2.45) is 10.9 Å². The second-order valence-electron chi connectivity index (χ2n) is 8.08. The highest BCUT2D eigenvalue weighted by Gasteiger charge is 2.48. The summed E-state index contributed by atoms with van der Waals surface area (Å²) in [6.07, 6.45) is 2.61. The van der Waals surface area contributed by atoms with Crippen molar-refractivity contribution in [2.75, 3.05) is 20.8 Å². The minimum absolute atomic E-state index is 0.00935.